The Hall–Kier alpha value is -2.05. The second-order valence-electron chi connectivity index (χ2n) is 4.43. The molecule has 1 saturated heterocycles. The third-order valence-electron chi connectivity index (χ3n) is 3.19. The first-order valence-corrected chi connectivity index (χ1v) is 6.36. The van der Waals surface area contributed by atoms with E-state index in [-0.39, 0.29) is 18.2 Å². The number of likely N-dealkylation sites (tertiary alicyclic amines) is 1. The Bertz CT molecular complexity index is 517. The number of hydrogen-bond donors (Lipinski definition) is 1. The maximum absolute atomic E-state index is 11.8. The quantitative estimate of drug-likeness (QED) is 0.779. The smallest absolute Gasteiger partial charge is 0.252 e. The van der Waals surface area contributed by atoms with E-state index < -0.39 is 6.04 Å². The topological polar surface area (TPSA) is 88.1 Å². The molecule has 7 heteroatoms. The number of nitrogens with one attached hydrogen (secondary N) is 1. The van der Waals surface area contributed by atoms with Crippen LogP contribution in [0.1, 0.15) is 31.7 Å². The SMILES string of the molecule is CCc1nnc(NC2CC(=O)N(C)C2=O)nc1CC. The van der Waals surface area contributed by atoms with Crippen LogP contribution in [0.3, 0.4) is 0 Å². The van der Waals surface area contributed by atoms with Gasteiger partial charge in [0.15, 0.2) is 0 Å². The number of aromatic nitrogens is 3. The normalized spacial score (nSPS) is 19.1. The van der Waals surface area contributed by atoms with Gasteiger partial charge in [-0.05, 0) is 12.8 Å². The second kappa shape index (κ2) is 5.29. The molecule has 1 aromatic rings. The predicted octanol–water partition coefficient (Wildman–Crippen LogP) is 0.166. The Labute approximate surface area is 111 Å². The molecule has 0 spiro atoms. The molecular weight excluding hydrogens is 246 g/mol. The number of carbonyl (C=O) groups is 2. The van der Waals surface area contributed by atoms with Crippen LogP contribution in [0.5, 0.6) is 0 Å². The summed E-state index contributed by atoms with van der Waals surface area (Å²) in [7, 11) is 1.48. The molecule has 1 aliphatic rings. The average molecular weight is 263 g/mol. The van der Waals surface area contributed by atoms with Crippen LogP contribution in [0.2, 0.25) is 0 Å². The Balaban J connectivity index is 2.16. The minimum absolute atomic E-state index is 0.135. The van der Waals surface area contributed by atoms with E-state index in [1.807, 2.05) is 13.8 Å². The summed E-state index contributed by atoms with van der Waals surface area (Å²) >= 11 is 0. The van der Waals surface area contributed by atoms with Crippen LogP contribution in [0.15, 0.2) is 0 Å². The van der Waals surface area contributed by atoms with E-state index >= 15 is 0 Å². The van der Waals surface area contributed by atoms with Gasteiger partial charge < -0.3 is 5.32 Å². The van der Waals surface area contributed by atoms with Crippen LogP contribution >= 0.6 is 0 Å². The number of likely N-dealkylation sites (N-methyl/N-ethyl adjacent to an activating group) is 1. The maximum atomic E-state index is 11.8. The fourth-order valence-electron chi connectivity index (χ4n) is 2.02. The molecule has 0 aromatic carbocycles. The highest BCUT2D eigenvalue weighted by atomic mass is 16.2. The molecule has 0 bridgehead atoms. The van der Waals surface area contributed by atoms with Crippen LogP contribution in [0.25, 0.3) is 0 Å². The fourth-order valence-corrected chi connectivity index (χ4v) is 2.02. The van der Waals surface area contributed by atoms with E-state index in [1.165, 1.54) is 7.05 Å². The minimum Gasteiger partial charge on any atom is -0.341 e. The van der Waals surface area contributed by atoms with Gasteiger partial charge in [-0.2, -0.15) is 5.10 Å². The van der Waals surface area contributed by atoms with Gasteiger partial charge in [-0.1, -0.05) is 13.8 Å². The first-order chi connectivity index (χ1) is 9.06. The molecule has 1 aromatic heterocycles. The van der Waals surface area contributed by atoms with Gasteiger partial charge in [0, 0.05) is 7.05 Å². The van der Waals surface area contributed by atoms with Crippen molar-refractivity contribution < 1.29 is 9.59 Å². The van der Waals surface area contributed by atoms with E-state index in [4.69, 9.17) is 0 Å². The highest BCUT2D eigenvalue weighted by Crippen LogP contribution is 2.15. The third-order valence-corrected chi connectivity index (χ3v) is 3.19. The molecular formula is C12H17N5O2. The van der Waals surface area contributed by atoms with Crippen LogP contribution in [0, 0.1) is 0 Å². The largest absolute Gasteiger partial charge is 0.341 e. The lowest BCUT2D eigenvalue weighted by atomic mass is 10.2. The fraction of sp³-hybridized carbons (Fsp3) is 0.583. The monoisotopic (exact) mass is 263 g/mol. The van der Waals surface area contributed by atoms with Crippen molar-refractivity contribution in [2.75, 3.05) is 12.4 Å². The zero-order valence-corrected chi connectivity index (χ0v) is 11.3. The Morgan fingerprint density at radius 1 is 1.21 bits per heavy atom. The van der Waals surface area contributed by atoms with E-state index in [0.29, 0.717) is 5.95 Å². The Morgan fingerprint density at radius 2 is 1.89 bits per heavy atom. The van der Waals surface area contributed by atoms with Gasteiger partial charge >= 0.3 is 0 Å². The van der Waals surface area contributed by atoms with Crippen molar-refractivity contribution in [1.82, 2.24) is 20.1 Å². The van der Waals surface area contributed by atoms with E-state index in [2.05, 4.69) is 20.5 Å². The minimum atomic E-state index is -0.587. The Morgan fingerprint density at radius 3 is 2.42 bits per heavy atom. The molecule has 2 rings (SSSR count). The molecule has 0 saturated carbocycles. The molecule has 7 nitrogen and oxygen atoms in total. The van der Waals surface area contributed by atoms with Gasteiger partial charge in [0.25, 0.3) is 5.91 Å². The van der Waals surface area contributed by atoms with Crippen molar-refractivity contribution in [3.63, 3.8) is 0 Å². The lowest BCUT2D eigenvalue weighted by Crippen LogP contribution is -2.32. The molecule has 2 amide bonds. The van der Waals surface area contributed by atoms with E-state index in [0.717, 1.165) is 29.1 Å². The molecule has 1 unspecified atom stereocenters. The summed E-state index contributed by atoms with van der Waals surface area (Å²) in [5, 5.41) is 10.9. The molecule has 1 atom stereocenters. The zero-order chi connectivity index (χ0) is 14.0. The summed E-state index contributed by atoms with van der Waals surface area (Å²) < 4.78 is 0. The lowest BCUT2D eigenvalue weighted by molar-refractivity contribution is -0.136. The number of imide groups is 1. The van der Waals surface area contributed by atoms with Crippen LogP contribution in [-0.4, -0.2) is 45.0 Å². The third kappa shape index (κ3) is 2.54. The second-order valence-corrected chi connectivity index (χ2v) is 4.43. The summed E-state index contributed by atoms with van der Waals surface area (Å²) in [4.78, 5) is 28.6. The molecule has 1 aliphatic heterocycles. The summed E-state index contributed by atoms with van der Waals surface area (Å²) in [6, 6.07) is -0.587. The first-order valence-electron chi connectivity index (χ1n) is 6.36. The van der Waals surface area contributed by atoms with Crippen molar-refractivity contribution >= 4 is 17.8 Å². The number of hydrogen-bond acceptors (Lipinski definition) is 6. The first kappa shape index (κ1) is 13.4. The summed E-state index contributed by atoms with van der Waals surface area (Å²) in [6.45, 7) is 3.98. The Kier molecular flexibility index (Phi) is 3.73. The van der Waals surface area contributed by atoms with Crippen LogP contribution in [-0.2, 0) is 22.4 Å². The zero-order valence-electron chi connectivity index (χ0n) is 11.3. The molecule has 1 fully saturated rings. The highest BCUT2D eigenvalue weighted by Gasteiger charge is 2.36. The van der Waals surface area contributed by atoms with Crippen molar-refractivity contribution in [1.29, 1.82) is 0 Å². The van der Waals surface area contributed by atoms with E-state index in [1.54, 1.807) is 0 Å². The van der Waals surface area contributed by atoms with E-state index in [9.17, 15) is 9.59 Å². The average Bonchev–Trinajstić information content (AvgIpc) is 2.66. The molecule has 0 aliphatic carbocycles. The molecule has 1 N–H and O–H groups in total. The lowest BCUT2D eigenvalue weighted by Gasteiger charge is -2.11. The molecule has 2 heterocycles. The van der Waals surface area contributed by atoms with Crippen LogP contribution < -0.4 is 5.32 Å². The number of anilines is 1. The summed E-state index contributed by atoms with van der Waals surface area (Å²) in [5.74, 6) is -0.155. The van der Waals surface area contributed by atoms with Gasteiger partial charge in [0.1, 0.15) is 6.04 Å². The van der Waals surface area contributed by atoms with Gasteiger partial charge in [-0.3, -0.25) is 14.5 Å². The highest BCUT2D eigenvalue weighted by molar-refractivity contribution is 6.06. The van der Waals surface area contributed by atoms with Crippen LogP contribution in [0.4, 0.5) is 5.95 Å². The molecule has 19 heavy (non-hydrogen) atoms. The van der Waals surface area contributed by atoms with Crippen molar-refractivity contribution in [3.8, 4) is 0 Å². The predicted molar refractivity (Wildman–Crippen MR) is 68.4 cm³/mol. The summed E-state index contributed by atoms with van der Waals surface area (Å²) in [5.41, 5.74) is 1.73. The maximum Gasteiger partial charge on any atom is 0.252 e. The van der Waals surface area contributed by atoms with Crippen molar-refractivity contribution in [2.45, 2.75) is 39.2 Å². The van der Waals surface area contributed by atoms with Gasteiger partial charge in [-0.25, -0.2) is 4.98 Å². The molecule has 102 valence electrons. The number of rotatable bonds is 4. The van der Waals surface area contributed by atoms with Crippen molar-refractivity contribution in [3.05, 3.63) is 11.4 Å². The van der Waals surface area contributed by atoms with Gasteiger partial charge in [0.05, 0.1) is 17.8 Å². The number of aryl methyl sites for hydroxylation is 2. The summed E-state index contributed by atoms with van der Waals surface area (Å²) in [6.07, 6.45) is 1.66. The van der Waals surface area contributed by atoms with Gasteiger partial charge in [-0.15, -0.1) is 5.10 Å². The number of carbonyl (C=O) groups excluding carboxylic acids is 2. The molecule has 0 radical (unpaired) electrons. The van der Waals surface area contributed by atoms with Crippen molar-refractivity contribution in [2.24, 2.45) is 0 Å². The number of amides is 2. The van der Waals surface area contributed by atoms with Gasteiger partial charge in [0.2, 0.25) is 11.9 Å². The standard InChI is InChI=1S/C12H17N5O2/c1-4-7-8(5-2)15-16-12(13-7)14-9-6-10(18)17(3)11(9)19/h9H,4-6H2,1-3H3,(H,13,14,16). The number of nitrogens with zero attached hydrogens (tertiary/aromatic N) is 4.